The van der Waals surface area contributed by atoms with Crippen LogP contribution >= 0.6 is 23.2 Å². The van der Waals surface area contributed by atoms with Gasteiger partial charge in [-0.25, -0.2) is 18.2 Å². The molecule has 38 heavy (non-hydrogen) atoms. The zero-order valence-electron chi connectivity index (χ0n) is 18.9. The van der Waals surface area contributed by atoms with Gasteiger partial charge in [-0.3, -0.25) is 5.32 Å². The zero-order chi connectivity index (χ0) is 27.5. The molecule has 0 atom stereocenters. The van der Waals surface area contributed by atoms with E-state index < -0.39 is 43.5 Å². The standard InChI is InChI=1S/C25H15Cl2F3N2O5S/c26-16-6-8-17(9-7-16)32-24(33)37-21-11-10-18(13-22(21)38(34,35)19-4-2-1-3-5-19)36-23-20(27)12-15(14-31-23)25(28,29)30/h1-14H,(H,32,33). The number of hydrogen-bond donors (Lipinski definition) is 1. The molecule has 4 aromatic rings. The first kappa shape index (κ1) is 27.2. The number of halogens is 5. The fourth-order valence-electron chi connectivity index (χ4n) is 3.12. The number of nitrogens with zero attached hydrogens (tertiary/aromatic N) is 1. The monoisotopic (exact) mass is 582 g/mol. The lowest BCUT2D eigenvalue weighted by Gasteiger charge is -2.14. The molecule has 0 bridgehead atoms. The van der Waals surface area contributed by atoms with E-state index in [1.54, 1.807) is 6.07 Å². The van der Waals surface area contributed by atoms with Gasteiger partial charge < -0.3 is 9.47 Å². The third-order valence-corrected chi connectivity index (χ3v) is 7.21. The average Bonchev–Trinajstić information content (AvgIpc) is 2.87. The SMILES string of the molecule is O=C(Nc1ccc(Cl)cc1)Oc1ccc(Oc2ncc(C(F)(F)F)cc2Cl)cc1S(=O)(=O)c1ccccc1. The van der Waals surface area contributed by atoms with Gasteiger partial charge in [0.05, 0.1) is 10.5 Å². The van der Waals surface area contributed by atoms with Crippen LogP contribution in [0.1, 0.15) is 5.56 Å². The number of amides is 1. The van der Waals surface area contributed by atoms with Gasteiger partial charge in [0, 0.05) is 23.0 Å². The molecule has 1 aromatic heterocycles. The molecule has 0 spiro atoms. The smallest absolute Gasteiger partial charge is 0.417 e. The van der Waals surface area contributed by atoms with Crippen LogP contribution < -0.4 is 14.8 Å². The minimum Gasteiger partial charge on any atom is -0.437 e. The molecule has 3 aromatic carbocycles. The number of nitrogens with one attached hydrogen (secondary N) is 1. The summed E-state index contributed by atoms with van der Waals surface area (Å²) in [4.78, 5) is 15.5. The molecule has 1 heterocycles. The molecule has 0 aliphatic rings. The number of aromatic nitrogens is 1. The van der Waals surface area contributed by atoms with Crippen LogP contribution in [0.4, 0.5) is 23.7 Å². The summed E-state index contributed by atoms with van der Waals surface area (Å²) in [5, 5.41) is 2.44. The summed E-state index contributed by atoms with van der Waals surface area (Å²) >= 11 is 11.7. The largest absolute Gasteiger partial charge is 0.437 e. The zero-order valence-corrected chi connectivity index (χ0v) is 21.2. The third-order valence-electron chi connectivity index (χ3n) is 4.90. The van der Waals surface area contributed by atoms with Crippen molar-refractivity contribution < 1.29 is 35.9 Å². The second-order valence-electron chi connectivity index (χ2n) is 7.56. The summed E-state index contributed by atoms with van der Waals surface area (Å²) in [6.45, 7) is 0. The Bertz CT molecular complexity index is 1580. The number of sulfone groups is 1. The van der Waals surface area contributed by atoms with E-state index in [0.717, 1.165) is 12.1 Å². The number of ether oxygens (including phenoxy) is 2. The topological polar surface area (TPSA) is 94.6 Å². The van der Waals surface area contributed by atoms with Crippen LogP contribution in [0.2, 0.25) is 10.0 Å². The number of hydrogen-bond acceptors (Lipinski definition) is 6. The number of carbonyl (C=O) groups excluding carboxylic acids is 1. The van der Waals surface area contributed by atoms with Gasteiger partial charge in [0.2, 0.25) is 15.7 Å². The van der Waals surface area contributed by atoms with E-state index in [1.807, 2.05) is 0 Å². The van der Waals surface area contributed by atoms with E-state index in [2.05, 4.69) is 10.3 Å². The normalized spacial score (nSPS) is 11.6. The molecule has 0 fully saturated rings. The minimum absolute atomic E-state index is 0.106. The predicted octanol–water partition coefficient (Wildman–Crippen LogP) is 7.64. The first-order chi connectivity index (χ1) is 17.9. The van der Waals surface area contributed by atoms with Crippen molar-refractivity contribution >= 4 is 44.8 Å². The van der Waals surface area contributed by atoms with Crippen LogP contribution in [0.25, 0.3) is 0 Å². The highest BCUT2D eigenvalue weighted by molar-refractivity contribution is 7.91. The van der Waals surface area contributed by atoms with Crippen molar-refractivity contribution in [1.82, 2.24) is 4.98 Å². The van der Waals surface area contributed by atoms with Crippen LogP contribution in [0.3, 0.4) is 0 Å². The van der Waals surface area contributed by atoms with E-state index >= 15 is 0 Å². The van der Waals surface area contributed by atoms with Gasteiger partial charge in [0.15, 0.2) is 5.75 Å². The Kier molecular flexibility index (Phi) is 7.81. The molecular formula is C25H15Cl2F3N2O5S. The summed E-state index contributed by atoms with van der Waals surface area (Å²) in [6.07, 6.45) is -5.13. The first-order valence-electron chi connectivity index (χ1n) is 10.5. The second-order valence-corrected chi connectivity index (χ2v) is 10.3. The van der Waals surface area contributed by atoms with Crippen LogP contribution in [-0.4, -0.2) is 19.5 Å². The number of pyridine rings is 1. The number of anilines is 1. The highest BCUT2D eigenvalue weighted by atomic mass is 35.5. The number of benzene rings is 3. The maximum absolute atomic E-state index is 13.4. The molecule has 13 heteroatoms. The number of carbonyl (C=O) groups is 1. The maximum Gasteiger partial charge on any atom is 0.417 e. The summed E-state index contributed by atoms with van der Waals surface area (Å²) in [6, 6.07) is 17.5. The van der Waals surface area contributed by atoms with Crippen molar-refractivity contribution in [3.05, 3.63) is 101 Å². The molecule has 7 nitrogen and oxygen atoms in total. The third kappa shape index (κ3) is 6.36. The van der Waals surface area contributed by atoms with Gasteiger partial charge in [-0.2, -0.15) is 13.2 Å². The molecular weight excluding hydrogens is 568 g/mol. The van der Waals surface area contributed by atoms with Gasteiger partial charge in [0.25, 0.3) is 0 Å². The van der Waals surface area contributed by atoms with Gasteiger partial charge in [-0.15, -0.1) is 0 Å². The Balaban J connectivity index is 1.68. The van der Waals surface area contributed by atoms with Gasteiger partial charge in [-0.05, 0) is 54.6 Å². The second kappa shape index (κ2) is 10.9. The van der Waals surface area contributed by atoms with Crippen molar-refractivity contribution in [3.63, 3.8) is 0 Å². The van der Waals surface area contributed by atoms with Crippen LogP contribution in [0.15, 0.2) is 94.9 Å². The van der Waals surface area contributed by atoms with E-state index in [-0.39, 0.29) is 16.4 Å². The van der Waals surface area contributed by atoms with Crippen molar-refractivity contribution in [2.45, 2.75) is 16.0 Å². The van der Waals surface area contributed by atoms with E-state index in [9.17, 15) is 26.4 Å². The molecule has 0 unspecified atom stereocenters. The fourth-order valence-corrected chi connectivity index (χ4v) is 4.86. The van der Waals surface area contributed by atoms with E-state index in [0.29, 0.717) is 23.0 Å². The van der Waals surface area contributed by atoms with Crippen molar-refractivity contribution in [3.8, 4) is 17.4 Å². The molecule has 4 rings (SSSR count). The van der Waals surface area contributed by atoms with E-state index in [4.69, 9.17) is 32.7 Å². The van der Waals surface area contributed by atoms with Crippen molar-refractivity contribution in [2.75, 3.05) is 5.32 Å². The van der Waals surface area contributed by atoms with Gasteiger partial charge in [-0.1, -0.05) is 41.4 Å². The Morgan fingerprint density at radius 2 is 1.61 bits per heavy atom. The Hall–Kier alpha value is -3.80. The highest BCUT2D eigenvalue weighted by Crippen LogP contribution is 2.37. The molecule has 0 radical (unpaired) electrons. The Morgan fingerprint density at radius 1 is 0.921 bits per heavy atom. The van der Waals surface area contributed by atoms with Crippen molar-refractivity contribution in [1.29, 1.82) is 0 Å². The summed E-state index contributed by atoms with van der Waals surface area (Å²) in [7, 11) is -4.25. The number of alkyl halides is 3. The van der Waals surface area contributed by atoms with Gasteiger partial charge >= 0.3 is 12.3 Å². The molecule has 0 saturated carbocycles. The molecule has 1 N–H and O–H groups in total. The van der Waals surface area contributed by atoms with Crippen LogP contribution in [0.5, 0.6) is 17.4 Å². The maximum atomic E-state index is 13.4. The first-order valence-corrected chi connectivity index (χ1v) is 12.8. The Labute approximate surface area is 224 Å². The lowest BCUT2D eigenvalue weighted by Crippen LogP contribution is -2.18. The van der Waals surface area contributed by atoms with Crippen LogP contribution in [0, 0.1) is 0 Å². The summed E-state index contributed by atoms with van der Waals surface area (Å²) in [5.41, 5.74) is -0.743. The lowest BCUT2D eigenvalue weighted by molar-refractivity contribution is -0.137. The fraction of sp³-hybridized carbons (Fsp3) is 0.0400. The average molecular weight is 583 g/mol. The highest BCUT2D eigenvalue weighted by Gasteiger charge is 2.32. The molecule has 0 saturated heterocycles. The lowest BCUT2D eigenvalue weighted by atomic mass is 10.3. The summed E-state index contributed by atoms with van der Waals surface area (Å²) in [5.74, 6) is -0.866. The molecule has 1 amide bonds. The molecule has 0 aliphatic heterocycles. The predicted molar refractivity (Wildman–Crippen MR) is 134 cm³/mol. The van der Waals surface area contributed by atoms with Gasteiger partial charge in [0.1, 0.15) is 15.7 Å². The number of rotatable bonds is 6. The molecule has 0 aliphatic carbocycles. The molecule has 196 valence electrons. The van der Waals surface area contributed by atoms with Crippen molar-refractivity contribution in [2.24, 2.45) is 0 Å². The van der Waals surface area contributed by atoms with E-state index in [1.165, 1.54) is 54.6 Å². The van der Waals surface area contributed by atoms with Crippen LogP contribution in [-0.2, 0) is 16.0 Å². The minimum atomic E-state index is -4.67. The quantitative estimate of drug-likeness (QED) is 0.251. The summed E-state index contributed by atoms with van der Waals surface area (Å²) < 4.78 is 76.3. The Morgan fingerprint density at radius 3 is 2.24 bits per heavy atom.